The molecule has 0 saturated heterocycles. The molecule has 5 aromatic rings. The number of rotatable bonds is 6. The van der Waals surface area contributed by atoms with Crippen molar-refractivity contribution in [2.75, 3.05) is 7.11 Å². The van der Waals surface area contributed by atoms with Gasteiger partial charge in [0.15, 0.2) is 0 Å². The predicted molar refractivity (Wildman–Crippen MR) is 161 cm³/mol. The highest BCUT2D eigenvalue weighted by molar-refractivity contribution is 9.10. The minimum absolute atomic E-state index is 0.241. The molecule has 3 heteroatoms. The lowest BCUT2D eigenvalue weighted by Crippen LogP contribution is -2.34. The second-order valence-electron chi connectivity index (χ2n) is 9.32. The topological polar surface area (TPSA) is 9.23 Å². The largest absolute Gasteiger partial charge is 0.496 e. The van der Waals surface area contributed by atoms with E-state index >= 15 is 0 Å². The minimum Gasteiger partial charge on any atom is -0.496 e. The standard InChI is InChI=1S/C33H31BrOP/c1-23-22-31(35-4)24(2)29-20-21-30(33(34)32(23)29)25(3)36(26-14-8-5-9-15-26,27-16-10-6-11-17-27)28-18-12-7-13-19-28/h5-22,25H,1-4H3/q+1. The second kappa shape index (κ2) is 10.2. The first-order chi connectivity index (χ1) is 17.5. The number of ether oxygens (including phenoxy) is 1. The van der Waals surface area contributed by atoms with Crippen molar-refractivity contribution >= 4 is 49.9 Å². The van der Waals surface area contributed by atoms with E-state index in [-0.39, 0.29) is 5.66 Å². The summed E-state index contributed by atoms with van der Waals surface area (Å²) in [6, 6.07) is 40.1. The summed E-state index contributed by atoms with van der Waals surface area (Å²) in [5.74, 6) is 0.937. The van der Waals surface area contributed by atoms with Crippen molar-refractivity contribution in [2.24, 2.45) is 0 Å². The molecule has 5 rings (SSSR count). The highest BCUT2D eigenvalue weighted by Crippen LogP contribution is 2.67. The molecule has 0 radical (unpaired) electrons. The van der Waals surface area contributed by atoms with E-state index in [9.17, 15) is 0 Å². The number of hydrogen-bond acceptors (Lipinski definition) is 1. The summed E-state index contributed by atoms with van der Waals surface area (Å²) in [6.07, 6.45) is 0. The number of hydrogen-bond donors (Lipinski definition) is 0. The minimum atomic E-state index is -2.07. The molecule has 0 fully saturated rings. The monoisotopic (exact) mass is 553 g/mol. The van der Waals surface area contributed by atoms with Gasteiger partial charge in [-0.25, -0.2) is 0 Å². The maximum absolute atomic E-state index is 5.67. The summed E-state index contributed by atoms with van der Waals surface area (Å²) >= 11 is 4.10. The number of methoxy groups -OCH3 is 1. The molecular formula is C33H31BrOP+. The zero-order chi connectivity index (χ0) is 25.3. The molecule has 1 atom stereocenters. The van der Waals surface area contributed by atoms with Crippen LogP contribution in [0.15, 0.2) is 114 Å². The van der Waals surface area contributed by atoms with Crippen LogP contribution in [0.3, 0.4) is 0 Å². The van der Waals surface area contributed by atoms with Crippen molar-refractivity contribution in [3.05, 3.63) is 130 Å². The first-order valence-corrected chi connectivity index (χ1v) is 15.0. The Morgan fingerprint density at radius 1 is 0.694 bits per heavy atom. The van der Waals surface area contributed by atoms with Crippen LogP contribution < -0.4 is 20.7 Å². The quantitative estimate of drug-likeness (QED) is 0.192. The van der Waals surface area contributed by atoms with Gasteiger partial charge < -0.3 is 4.74 Å². The molecule has 0 amide bonds. The molecule has 180 valence electrons. The molecule has 0 saturated carbocycles. The first kappa shape index (κ1) is 24.8. The SMILES string of the molecule is COc1cc(C)c2c(Br)c(C(C)[P+](c3ccccc3)(c3ccccc3)c3ccccc3)ccc2c1C. The van der Waals surface area contributed by atoms with Crippen molar-refractivity contribution in [3.63, 3.8) is 0 Å². The van der Waals surface area contributed by atoms with Crippen molar-refractivity contribution in [3.8, 4) is 5.75 Å². The lowest BCUT2D eigenvalue weighted by molar-refractivity contribution is 0.412. The Bertz CT molecular complexity index is 1400. The summed E-state index contributed by atoms with van der Waals surface area (Å²) < 4.78 is 6.85. The van der Waals surface area contributed by atoms with Crippen LogP contribution >= 0.6 is 23.2 Å². The van der Waals surface area contributed by atoms with Gasteiger partial charge in [-0.3, -0.25) is 0 Å². The zero-order valence-corrected chi connectivity index (χ0v) is 23.7. The normalized spacial score (nSPS) is 12.5. The van der Waals surface area contributed by atoms with Gasteiger partial charge in [0.05, 0.1) is 7.11 Å². The van der Waals surface area contributed by atoms with Gasteiger partial charge in [0.1, 0.15) is 34.6 Å². The van der Waals surface area contributed by atoms with Crippen LogP contribution in [0.25, 0.3) is 10.8 Å². The lowest BCUT2D eigenvalue weighted by Gasteiger charge is -2.34. The molecular weight excluding hydrogens is 523 g/mol. The van der Waals surface area contributed by atoms with E-state index in [1.807, 2.05) is 0 Å². The molecule has 0 aromatic heterocycles. The highest BCUT2D eigenvalue weighted by Gasteiger charge is 2.51. The molecule has 0 spiro atoms. The van der Waals surface area contributed by atoms with Gasteiger partial charge in [0.25, 0.3) is 0 Å². The average Bonchev–Trinajstić information content (AvgIpc) is 2.92. The van der Waals surface area contributed by atoms with E-state index in [0.29, 0.717) is 0 Å². The fourth-order valence-electron chi connectivity index (χ4n) is 5.65. The van der Waals surface area contributed by atoms with Gasteiger partial charge in [0.2, 0.25) is 0 Å². The highest BCUT2D eigenvalue weighted by atomic mass is 79.9. The molecule has 0 N–H and O–H groups in total. The average molecular weight is 554 g/mol. The Balaban J connectivity index is 1.85. The third-order valence-electron chi connectivity index (χ3n) is 7.43. The molecule has 36 heavy (non-hydrogen) atoms. The Kier molecular flexibility index (Phi) is 7.02. The van der Waals surface area contributed by atoms with Gasteiger partial charge in [-0.1, -0.05) is 66.7 Å². The smallest absolute Gasteiger partial charge is 0.122 e. The van der Waals surface area contributed by atoms with Gasteiger partial charge in [-0.05, 0) is 101 Å². The Hall–Kier alpha value is -2.93. The second-order valence-corrected chi connectivity index (χ2v) is 13.9. The number of fused-ring (bicyclic) bond motifs is 1. The summed E-state index contributed by atoms with van der Waals surface area (Å²) in [6.45, 7) is 6.74. The fraction of sp³-hybridized carbons (Fsp3) is 0.152. The molecule has 0 aliphatic heterocycles. The van der Waals surface area contributed by atoms with Gasteiger partial charge in [-0.2, -0.15) is 0 Å². The fourth-order valence-corrected chi connectivity index (χ4v) is 11.6. The van der Waals surface area contributed by atoms with Gasteiger partial charge in [-0.15, -0.1) is 0 Å². The Morgan fingerprint density at radius 3 is 1.61 bits per heavy atom. The van der Waals surface area contributed by atoms with Crippen molar-refractivity contribution in [1.82, 2.24) is 0 Å². The Morgan fingerprint density at radius 2 is 1.17 bits per heavy atom. The number of benzene rings is 5. The maximum atomic E-state index is 5.67. The van der Waals surface area contributed by atoms with Crippen LogP contribution in [0.2, 0.25) is 0 Å². The number of aryl methyl sites for hydroxylation is 2. The van der Waals surface area contributed by atoms with Crippen molar-refractivity contribution in [1.29, 1.82) is 0 Å². The van der Waals surface area contributed by atoms with E-state index in [1.165, 1.54) is 47.8 Å². The third kappa shape index (κ3) is 3.97. The third-order valence-corrected chi connectivity index (χ3v) is 13.1. The molecule has 0 bridgehead atoms. The predicted octanol–water partition coefficient (Wildman–Crippen LogP) is 8.28. The van der Waals surface area contributed by atoms with E-state index in [4.69, 9.17) is 4.74 Å². The van der Waals surface area contributed by atoms with E-state index < -0.39 is 7.26 Å². The summed E-state index contributed by atoms with van der Waals surface area (Å²) in [4.78, 5) is 0. The van der Waals surface area contributed by atoms with Crippen LogP contribution in [-0.4, -0.2) is 7.11 Å². The van der Waals surface area contributed by atoms with E-state index in [1.54, 1.807) is 7.11 Å². The van der Waals surface area contributed by atoms with Gasteiger partial charge >= 0.3 is 0 Å². The van der Waals surface area contributed by atoms with Crippen LogP contribution in [0, 0.1) is 13.8 Å². The van der Waals surface area contributed by atoms with Crippen LogP contribution in [0.5, 0.6) is 5.75 Å². The molecule has 0 heterocycles. The summed E-state index contributed by atoms with van der Waals surface area (Å²) in [5.41, 5.74) is 3.97. The van der Waals surface area contributed by atoms with Gasteiger partial charge in [0, 0.05) is 10.0 Å². The van der Waals surface area contributed by atoms with Crippen LogP contribution in [-0.2, 0) is 0 Å². The van der Waals surface area contributed by atoms with Crippen molar-refractivity contribution in [2.45, 2.75) is 26.4 Å². The van der Waals surface area contributed by atoms with Crippen LogP contribution in [0.1, 0.15) is 29.3 Å². The van der Waals surface area contributed by atoms with E-state index in [0.717, 1.165) is 5.75 Å². The number of halogens is 1. The molecule has 1 nitrogen and oxygen atoms in total. The van der Waals surface area contributed by atoms with Crippen molar-refractivity contribution < 1.29 is 4.74 Å². The molecule has 0 aliphatic carbocycles. The summed E-state index contributed by atoms with van der Waals surface area (Å²) in [5, 5.41) is 6.68. The lowest BCUT2D eigenvalue weighted by atomic mass is 9.97. The van der Waals surface area contributed by atoms with Crippen LogP contribution in [0.4, 0.5) is 0 Å². The molecule has 1 unspecified atom stereocenters. The molecule has 0 aliphatic rings. The maximum Gasteiger partial charge on any atom is 0.122 e. The molecule has 5 aromatic carbocycles. The van der Waals surface area contributed by atoms with E-state index in [2.05, 4.69) is 146 Å². The summed E-state index contributed by atoms with van der Waals surface area (Å²) in [7, 11) is -0.321. The first-order valence-electron chi connectivity index (χ1n) is 12.3. The zero-order valence-electron chi connectivity index (χ0n) is 21.2. The Labute approximate surface area is 223 Å².